The summed E-state index contributed by atoms with van der Waals surface area (Å²) in [4.78, 5) is 14.4. The molecule has 18 heavy (non-hydrogen) atoms. The van der Waals surface area contributed by atoms with Crippen molar-refractivity contribution in [2.24, 2.45) is 0 Å². The van der Waals surface area contributed by atoms with Gasteiger partial charge >= 0.3 is 0 Å². The number of likely N-dealkylation sites (tertiary alicyclic amines) is 1. The molecule has 98 valence electrons. The molecule has 0 aromatic heterocycles. The van der Waals surface area contributed by atoms with Crippen LogP contribution in [0.4, 0.5) is 0 Å². The summed E-state index contributed by atoms with van der Waals surface area (Å²) in [6, 6.07) is 7.65. The Balaban J connectivity index is 2.23. The zero-order chi connectivity index (χ0) is 13.0. The molecule has 3 nitrogen and oxygen atoms in total. The molecule has 0 spiro atoms. The molecular weight excluding hydrogens is 226 g/mol. The van der Waals surface area contributed by atoms with Crippen LogP contribution in [-0.4, -0.2) is 35.1 Å². The number of benzene rings is 1. The number of aliphatic hydroxyl groups excluding tert-OH is 1. The number of aryl methyl sites for hydroxylation is 1. The fraction of sp³-hybridized carbons (Fsp3) is 0.533. The molecule has 1 heterocycles. The van der Waals surface area contributed by atoms with Crippen LogP contribution >= 0.6 is 0 Å². The Morgan fingerprint density at radius 3 is 2.83 bits per heavy atom. The van der Waals surface area contributed by atoms with E-state index in [1.54, 1.807) is 0 Å². The molecule has 0 aliphatic carbocycles. The van der Waals surface area contributed by atoms with Crippen molar-refractivity contribution in [2.75, 3.05) is 13.2 Å². The van der Waals surface area contributed by atoms with E-state index >= 15 is 0 Å². The summed E-state index contributed by atoms with van der Waals surface area (Å²) < 4.78 is 0. The van der Waals surface area contributed by atoms with Gasteiger partial charge in [-0.1, -0.05) is 31.0 Å². The number of hydrogen-bond donors (Lipinski definition) is 1. The molecule has 1 atom stereocenters. The van der Waals surface area contributed by atoms with Crippen LogP contribution in [0.2, 0.25) is 0 Å². The van der Waals surface area contributed by atoms with Crippen molar-refractivity contribution in [3.05, 3.63) is 35.4 Å². The Morgan fingerprint density at radius 2 is 2.11 bits per heavy atom. The maximum atomic E-state index is 12.6. The second-order valence-electron chi connectivity index (χ2n) is 5.00. The molecule has 1 aromatic carbocycles. The minimum absolute atomic E-state index is 0.0143. The summed E-state index contributed by atoms with van der Waals surface area (Å²) in [6.45, 7) is 2.79. The lowest BCUT2D eigenvalue weighted by molar-refractivity contribution is 0.0599. The molecule has 1 aliphatic rings. The van der Waals surface area contributed by atoms with Gasteiger partial charge in [0.25, 0.3) is 5.91 Å². The van der Waals surface area contributed by atoms with Gasteiger partial charge in [0, 0.05) is 12.1 Å². The van der Waals surface area contributed by atoms with E-state index in [0.717, 1.165) is 43.4 Å². The van der Waals surface area contributed by atoms with Gasteiger partial charge in [0.05, 0.1) is 12.6 Å². The zero-order valence-corrected chi connectivity index (χ0v) is 10.9. The summed E-state index contributed by atoms with van der Waals surface area (Å²) >= 11 is 0. The molecule has 0 saturated carbocycles. The average Bonchev–Trinajstić information content (AvgIpc) is 2.63. The van der Waals surface area contributed by atoms with Crippen LogP contribution in [-0.2, 0) is 0 Å². The molecule has 0 bridgehead atoms. The van der Waals surface area contributed by atoms with E-state index in [1.165, 1.54) is 0 Å². The first-order valence-corrected chi connectivity index (χ1v) is 6.71. The zero-order valence-electron chi connectivity index (χ0n) is 10.9. The Kier molecular flexibility index (Phi) is 4.37. The number of nitrogens with zero attached hydrogens (tertiary/aromatic N) is 1. The van der Waals surface area contributed by atoms with E-state index in [0.29, 0.717) is 0 Å². The van der Waals surface area contributed by atoms with Crippen LogP contribution in [0.3, 0.4) is 0 Å². The highest BCUT2D eigenvalue weighted by Gasteiger charge is 2.26. The number of aliphatic hydroxyl groups is 1. The minimum atomic E-state index is -0.0143. The number of rotatable bonds is 2. The van der Waals surface area contributed by atoms with Crippen LogP contribution in [0.15, 0.2) is 24.3 Å². The van der Waals surface area contributed by atoms with Crippen molar-refractivity contribution in [2.45, 2.75) is 38.6 Å². The highest BCUT2D eigenvalue weighted by molar-refractivity contribution is 5.95. The van der Waals surface area contributed by atoms with Gasteiger partial charge in [-0.15, -0.1) is 0 Å². The smallest absolute Gasteiger partial charge is 0.254 e. The maximum absolute atomic E-state index is 12.6. The van der Waals surface area contributed by atoms with Crippen molar-refractivity contribution in [3.8, 4) is 0 Å². The predicted molar refractivity (Wildman–Crippen MR) is 71.6 cm³/mol. The molecule has 1 aromatic rings. The highest BCUT2D eigenvalue weighted by Crippen LogP contribution is 2.20. The third-order valence-electron chi connectivity index (χ3n) is 3.72. The fourth-order valence-electron chi connectivity index (χ4n) is 2.60. The van der Waals surface area contributed by atoms with Crippen molar-refractivity contribution in [1.29, 1.82) is 0 Å². The van der Waals surface area contributed by atoms with Crippen molar-refractivity contribution >= 4 is 5.91 Å². The van der Waals surface area contributed by atoms with E-state index in [9.17, 15) is 9.90 Å². The summed E-state index contributed by atoms with van der Waals surface area (Å²) in [5.41, 5.74) is 1.77. The van der Waals surface area contributed by atoms with Gasteiger partial charge in [-0.2, -0.15) is 0 Å². The Labute approximate surface area is 108 Å². The molecule has 1 unspecified atom stereocenters. The van der Waals surface area contributed by atoms with Gasteiger partial charge in [-0.05, 0) is 31.4 Å². The lowest BCUT2D eigenvalue weighted by atomic mass is 10.1. The molecule has 0 radical (unpaired) electrons. The lowest BCUT2D eigenvalue weighted by Gasteiger charge is -2.29. The number of carbonyl (C=O) groups excluding carboxylic acids is 1. The van der Waals surface area contributed by atoms with E-state index in [4.69, 9.17) is 0 Å². The van der Waals surface area contributed by atoms with Gasteiger partial charge in [-0.3, -0.25) is 4.79 Å². The Bertz CT molecular complexity index is 417. The third-order valence-corrected chi connectivity index (χ3v) is 3.72. The van der Waals surface area contributed by atoms with Gasteiger partial charge in [0.2, 0.25) is 0 Å². The van der Waals surface area contributed by atoms with Gasteiger partial charge in [0.1, 0.15) is 0 Å². The fourth-order valence-corrected chi connectivity index (χ4v) is 2.60. The Hall–Kier alpha value is -1.35. The van der Waals surface area contributed by atoms with E-state index in [-0.39, 0.29) is 18.6 Å². The molecule has 1 N–H and O–H groups in total. The van der Waals surface area contributed by atoms with Crippen molar-refractivity contribution < 1.29 is 9.90 Å². The topological polar surface area (TPSA) is 40.5 Å². The number of carbonyl (C=O) groups is 1. The first kappa shape index (κ1) is 13.1. The largest absolute Gasteiger partial charge is 0.394 e. The minimum Gasteiger partial charge on any atom is -0.394 e. The normalized spacial score (nSPS) is 20.6. The van der Waals surface area contributed by atoms with Crippen LogP contribution in [0, 0.1) is 6.92 Å². The average molecular weight is 247 g/mol. The molecule has 2 rings (SSSR count). The molecule has 1 aliphatic heterocycles. The summed E-state index contributed by atoms with van der Waals surface area (Å²) in [5, 5.41) is 9.46. The standard InChI is InChI=1S/C15H21NO2/c1-12-7-4-5-9-14(12)15(18)16-10-6-2-3-8-13(16)11-17/h4-5,7,9,13,17H,2-3,6,8,10-11H2,1H3. The number of amides is 1. The maximum Gasteiger partial charge on any atom is 0.254 e. The van der Waals surface area contributed by atoms with Crippen molar-refractivity contribution in [3.63, 3.8) is 0 Å². The quantitative estimate of drug-likeness (QED) is 0.871. The van der Waals surface area contributed by atoms with Crippen LogP contribution < -0.4 is 0 Å². The summed E-state index contributed by atoms with van der Waals surface area (Å²) in [7, 11) is 0. The van der Waals surface area contributed by atoms with Gasteiger partial charge in [0.15, 0.2) is 0 Å². The second-order valence-corrected chi connectivity index (χ2v) is 5.00. The van der Waals surface area contributed by atoms with Crippen molar-refractivity contribution in [1.82, 2.24) is 4.90 Å². The SMILES string of the molecule is Cc1ccccc1C(=O)N1CCCCCC1CO. The molecule has 1 amide bonds. The monoisotopic (exact) mass is 247 g/mol. The summed E-state index contributed by atoms with van der Waals surface area (Å²) in [6.07, 6.45) is 4.19. The molecule has 1 fully saturated rings. The van der Waals surface area contributed by atoms with Crippen LogP contribution in [0.25, 0.3) is 0 Å². The first-order chi connectivity index (χ1) is 8.74. The van der Waals surface area contributed by atoms with E-state index < -0.39 is 0 Å². The van der Waals surface area contributed by atoms with E-state index in [2.05, 4.69) is 0 Å². The second kappa shape index (κ2) is 6.01. The predicted octanol–water partition coefficient (Wildman–Crippen LogP) is 2.37. The van der Waals surface area contributed by atoms with Crippen LogP contribution in [0.1, 0.15) is 41.6 Å². The van der Waals surface area contributed by atoms with Gasteiger partial charge in [-0.25, -0.2) is 0 Å². The first-order valence-electron chi connectivity index (χ1n) is 6.71. The highest BCUT2D eigenvalue weighted by atomic mass is 16.3. The van der Waals surface area contributed by atoms with Gasteiger partial charge < -0.3 is 10.0 Å². The lowest BCUT2D eigenvalue weighted by Crippen LogP contribution is -2.42. The number of hydrogen-bond acceptors (Lipinski definition) is 2. The third kappa shape index (κ3) is 2.72. The Morgan fingerprint density at radius 1 is 1.33 bits per heavy atom. The molecule has 1 saturated heterocycles. The molecular formula is C15H21NO2. The summed E-state index contributed by atoms with van der Waals surface area (Å²) in [5.74, 6) is 0.0639. The molecule has 3 heteroatoms. The van der Waals surface area contributed by atoms with Crippen LogP contribution in [0.5, 0.6) is 0 Å². The van der Waals surface area contributed by atoms with E-state index in [1.807, 2.05) is 36.1 Å².